The minimum atomic E-state index is 0. The molecule has 0 atom stereocenters. The van der Waals surface area contributed by atoms with Crippen LogP contribution in [0, 0.1) is 11.8 Å². The van der Waals surface area contributed by atoms with Crippen molar-refractivity contribution in [1.29, 1.82) is 0 Å². The fourth-order valence-electron chi connectivity index (χ4n) is 3.41. The second-order valence-corrected chi connectivity index (χ2v) is 7.65. The summed E-state index contributed by atoms with van der Waals surface area (Å²) in [6.07, 6.45) is 6.70. The smallest absolute Gasteiger partial charge is 0.188 e. The zero-order valence-corrected chi connectivity index (χ0v) is 17.7. The molecule has 1 aromatic rings. The van der Waals surface area contributed by atoms with E-state index in [2.05, 4.69) is 46.4 Å². The highest BCUT2D eigenvalue weighted by atomic mass is 127. The lowest BCUT2D eigenvalue weighted by molar-refractivity contribution is 0.185. The summed E-state index contributed by atoms with van der Waals surface area (Å²) in [5.74, 6) is 2.27. The summed E-state index contributed by atoms with van der Waals surface area (Å²) < 4.78 is 0. The highest BCUT2D eigenvalue weighted by Crippen LogP contribution is 2.25. The van der Waals surface area contributed by atoms with Crippen molar-refractivity contribution in [2.24, 2.45) is 22.6 Å². The fraction of sp³-hybridized carbons (Fsp3) is 0.650. The summed E-state index contributed by atoms with van der Waals surface area (Å²) in [7, 11) is 0. The Morgan fingerprint density at radius 3 is 2.36 bits per heavy atom. The van der Waals surface area contributed by atoms with Gasteiger partial charge in [0.25, 0.3) is 0 Å². The topological polar surface area (TPSA) is 53.6 Å². The van der Waals surface area contributed by atoms with Crippen molar-refractivity contribution in [3.63, 3.8) is 0 Å². The van der Waals surface area contributed by atoms with Crippen molar-refractivity contribution >= 4 is 29.9 Å². The van der Waals surface area contributed by atoms with Crippen LogP contribution in [0.4, 0.5) is 0 Å². The fourth-order valence-corrected chi connectivity index (χ4v) is 3.41. The summed E-state index contributed by atoms with van der Waals surface area (Å²) >= 11 is 0. The standard InChI is InChI=1S/C20H32N4.HI/c1-16-9-11-24(12-10-16)15-19-7-5-18(6-8-19)14-23-20(21)22-13-17-3-2-4-17;/h5-8,16-17H,2-4,9-15H2,1H3,(H3,21,22,23);1H. The first-order valence-corrected chi connectivity index (χ1v) is 9.53. The maximum atomic E-state index is 5.95. The third-order valence-corrected chi connectivity index (χ3v) is 5.53. The number of nitrogens with zero attached hydrogens (tertiary/aromatic N) is 2. The maximum absolute atomic E-state index is 5.95. The molecule has 1 saturated heterocycles. The molecule has 140 valence electrons. The SMILES string of the molecule is CC1CCN(Cc2ccc(CN=C(N)NCC3CCC3)cc2)CC1.I. The third-order valence-electron chi connectivity index (χ3n) is 5.53. The highest BCUT2D eigenvalue weighted by molar-refractivity contribution is 14.0. The molecule has 0 bridgehead atoms. The molecule has 5 heteroatoms. The molecule has 0 amide bonds. The van der Waals surface area contributed by atoms with E-state index < -0.39 is 0 Å². The van der Waals surface area contributed by atoms with Crippen LogP contribution in [0.15, 0.2) is 29.3 Å². The second-order valence-electron chi connectivity index (χ2n) is 7.65. The van der Waals surface area contributed by atoms with Gasteiger partial charge in [0.15, 0.2) is 5.96 Å². The number of likely N-dealkylation sites (tertiary alicyclic amines) is 1. The number of halogens is 1. The zero-order valence-electron chi connectivity index (χ0n) is 15.4. The van der Waals surface area contributed by atoms with Gasteiger partial charge in [-0.1, -0.05) is 37.6 Å². The zero-order chi connectivity index (χ0) is 16.8. The second kappa shape index (κ2) is 10.4. The van der Waals surface area contributed by atoms with Crippen molar-refractivity contribution in [2.45, 2.75) is 52.1 Å². The molecule has 3 rings (SSSR count). The van der Waals surface area contributed by atoms with E-state index in [1.807, 2.05) is 0 Å². The van der Waals surface area contributed by atoms with Crippen LogP contribution in [-0.4, -0.2) is 30.5 Å². The van der Waals surface area contributed by atoms with Crippen LogP contribution in [0.5, 0.6) is 0 Å². The van der Waals surface area contributed by atoms with Gasteiger partial charge in [0.1, 0.15) is 0 Å². The van der Waals surface area contributed by atoms with Gasteiger partial charge in [-0.25, -0.2) is 4.99 Å². The number of aliphatic imine (C=N–C) groups is 1. The molecule has 1 heterocycles. The van der Waals surface area contributed by atoms with Crippen molar-refractivity contribution in [3.05, 3.63) is 35.4 Å². The molecular weight excluding hydrogens is 423 g/mol. The molecule has 0 radical (unpaired) electrons. The molecule has 1 aliphatic heterocycles. The van der Waals surface area contributed by atoms with E-state index in [-0.39, 0.29) is 24.0 Å². The summed E-state index contributed by atoms with van der Waals surface area (Å²) in [4.78, 5) is 7.02. The Morgan fingerprint density at radius 1 is 1.12 bits per heavy atom. The normalized spacial score (nSPS) is 20.0. The number of benzene rings is 1. The first-order chi connectivity index (χ1) is 11.7. The molecule has 1 aliphatic carbocycles. The van der Waals surface area contributed by atoms with Gasteiger partial charge in [-0.3, -0.25) is 4.90 Å². The number of nitrogens with one attached hydrogen (secondary N) is 1. The maximum Gasteiger partial charge on any atom is 0.188 e. The summed E-state index contributed by atoms with van der Waals surface area (Å²) in [5, 5.41) is 3.24. The predicted octanol–water partition coefficient (Wildman–Crippen LogP) is 3.74. The van der Waals surface area contributed by atoms with E-state index in [1.165, 1.54) is 56.3 Å². The Balaban J connectivity index is 0.00000225. The lowest BCUT2D eigenvalue weighted by atomic mass is 9.85. The number of guanidine groups is 1. The first kappa shape index (κ1) is 20.5. The first-order valence-electron chi connectivity index (χ1n) is 9.53. The predicted molar refractivity (Wildman–Crippen MR) is 116 cm³/mol. The average Bonchev–Trinajstić information content (AvgIpc) is 2.55. The monoisotopic (exact) mass is 456 g/mol. The third kappa shape index (κ3) is 6.77. The molecule has 0 aromatic heterocycles. The van der Waals surface area contributed by atoms with Gasteiger partial charge in [-0.05, 0) is 61.7 Å². The molecule has 1 saturated carbocycles. The molecule has 2 aliphatic rings. The van der Waals surface area contributed by atoms with E-state index in [4.69, 9.17) is 5.73 Å². The molecule has 0 unspecified atom stereocenters. The Morgan fingerprint density at radius 2 is 1.76 bits per heavy atom. The van der Waals surface area contributed by atoms with Gasteiger partial charge in [0, 0.05) is 13.1 Å². The van der Waals surface area contributed by atoms with Crippen LogP contribution in [0.3, 0.4) is 0 Å². The molecule has 4 nitrogen and oxygen atoms in total. The number of hydrogen-bond acceptors (Lipinski definition) is 2. The summed E-state index contributed by atoms with van der Waals surface area (Å²) in [5.41, 5.74) is 8.56. The lowest BCUT2D eigenvalue weighted by Crippen LogP contribution is -2.37. The molecule has 1 aromatic carbocycles. The molecule has 2 fully saturated rings. The Kier molecular flexibility index (Phi) is 8.49. The number of rotatable bonds is 6. The summed E-state index contributed by atoms with van der Waals surface area (Å²) in [6.45, 7) is 7.53. The van der Waals surface area contributed by atoms with Crippen LogP contribution >= 0.6 is 24.0 Å². The molecule has 3 N–H and O–H groups in total. The van der Waals surface area contributed by atoms with E-state index in [9.17, 15) is 0 Å². The number of hydrogen-bond donors (Lipinski definition) is 2. The average molecular weight is 456 g/mol. The van der Waals surface area contributed by atoms with Crippen molar-refractivity contribution in [1.82, 2.24) is 10.2 Å². The van der Waals surface area contributed by atoms with Gasteiger partial charge in [-0.2, -0.15) is 0 Å². The van der Waals surface area contributed by atoms with Crippen molar-refractivity contribution in [2.75, 3.05) is 19.6 Å². The molecular formula is C20H33IN4. The van der Waals surface area contributed by atoms with Crippen molar-refractivity contribution in [3.8, 4) is 0 Å². The Bertz CT molecular complexity index is 531. The van der Waals surface area contributed by atoms with Crippen molar-refractivity contribution < 1.29 is 0 Å². The van der Waals surface area contributed by atoms with E-state index in [0.717, 1.165) is 24.9 Å². The minimum Gasteiger partial charge on any atom is -0.370 e. The Hall–Kier alpha value is -0.820. The van der Waals surface area contributed by atoms with Gasteiger partial charge in [0.05, 0.1) is 6.54 Å². The number of nitrogens with two attached hydrogens (primary N) is 1. The quantitative estimate of drug-likeness (QED) is 0.390. The minimum absolute atomic E-state index is 0. The Labute approximate surface area is 169 Å². The van der Waals surface area contributed by atoms with Gasteiger partial charge in [-0.15, -0.1) is 24.0 Å². The largest absolute Gasteiger partial charge is 0.370 e. The van der Waals surface area contributed by atoms with Crippen LogP contribution in [0.2, 0.25) is 0 Å². The van der Waals surface area contributed by atoms with E-state index >= 15 is 0 Å². The van der Waals surface area contributed by atoms with Crippen LogP contribution < -0.4 is 11.1 Å². The number of piperidine rings is 1. The molecule has 25 heavy (non-hydrogen) atoms. The molecule has 0 spiro atoms. The van der Waals surface area contributed by atoms with Gasteiger partial charge in [0.2, 0.25) is 0 Å². The van der Waals surface area contributed by atoms with Gasteiger partial charge >= 0.3 is 0 Å². The van der Waals surface area contributed by atoms with E-state index in [1.54, 1.807) is 0 Å². The van der Waals surface area contributed by atoms with Gasteiger partial charge < -0.3 is 11.1 Å². The highest BCUT2D eigenvalue weighted by Gasteiger charge is 2.17. The van der Waals surface area contributed by atoms with Crippen LogP contribution in [0.25, 0.3) is 0 Å². The lowest BCUT2D eigenvalue weighted by Gasteiger charge is -2.30. The van der Waals surface area contributed by atoms with Crippen LogP contribution in [-0.2, 0) is 13.1 Å². The summed E-state index contributed by atoms with van der Waals surface area (Å²) in [6, 6.07) is 8.84. The van der Waals surface area contributed by atoms with Crippen LogP contribution in [0.1, 0.15) is 50.2 Å². The van der Waals surface area contributed by atoms with E-state index in [0.29, 0.717) is 12.5 Å².